The lowest BCUT2D eigenvalue weighted by Crippen LogP contribution is -2.18. The van der Waals surface area contributed by atoms with Crippen molar-refractivity contribution in [3.05, 3.63) is 75.2 Å². The fraction of sp³-hybridized carbons (Fsp3) is 0.0526. The third-order valence-corrected chi connectivity index (χ3v) is 7.82. The van der Waals surface area contributed by atoms with Crippen LogP contribution in [-0.4, -0.2) is 23.9 Å². The minimum absolute atomic E-state index is 0.180. The summed E-state index contributed by atoms with van der Waals surface area (Å²) in [5.41, 5.74) is -0.696. The van der Waals surface area contributed by atoms with Gasteiger partial charge in [0.1, 0.15) is 22.3 Å². The quantitative estimate of drug-likeness (QED) is 0.387. The minimum Gasteiger partial charge on any atom is -0.495 e. The van der Waals surface area contributed by atoms with Crippen molar-refractivity contribution in [1.82, 2.24) is 0 Å². The van der Waals surface area contributed by atoms with E-state index in [2.05, 4.69) is 41.3 Å². The minimum atomic E-state index is -4.48. The van der Waals surface area contributed by atoms with Crippen LogP contribution in [0.25, 0.3) is 0 Å². The Labute approximate surface area is 200 Å². The van der Waals surface area contributed by atoms with Crippen molar-refractivity contribution in [1.29, 1.82) is 0 Å². The number of halogens is 4. The summed E-state index contributed by atoms with van der Waals surface area (Å²) in [6, 6.07) is 10.3. The standard InChI is InChI=1S/C19H14Br2F2N2O5S2/c1-30-18-7-4-13(31(26,27)24-16-8-11(20)2-5-14(16)22)10-19(18)32(28,29)25-17-9-12(21)3-6-15(17)23/h2-10,24-25H,1H3. The van der Waals surface area contributed by atoms with Crippen molar-refractivity contribution in [2.24, 2.45) is 0 Å². The second kappa shape index (κ2) is 9.33. The smallest absolute Gasteiger partial charge is 0.265 e. The van der Waals surface area contributed by atoms with Crippen LogP contribution >= 0.6 is 31.9 Å². The molecule has 0 fully saturated rings. The van der Waals surface area contributed by atoms with Crippen LogP contribution in [0.2, 0.25) is 0 Å². The number of hydrogen-bond donors (Lipinski definition) is 2. The zero-order valence-electron chi connectivity index (χ0n) is 16.1. The topological polar surface area (TPSA) is 102 Å². The van der Waals surface area contributed by atoms with E-state index >= 15 is 0 Å². The van der Waals surface area contributed by atoms with E-state index in [1.807, 2.05) is 0 Å². The number of hydrogen-bond acceptors (Lipinski definition) is 5. The molecule has 32 heavy (non-hydrogen) atoms. The van der Waals surface area contributed by atoms with Crippen LogP contribution in [0, 0.1) is 11.6 Å². The molecule has 0 atom stereocenters. The number of anilines is 2. The fourth-order valence-corrected chi connectivity index (χ4v) is 5.72. The largest absolute Gasteiger partial charge is 0.495 e. The van der Waals surface area contributed by atoms with Gasteiger partial charge < -0.3 is 4.74 Å². The Morgan fingerprint density at radius 3 is 1.75 bits per heavy atom. The molecule has 0 radical (unpaired) electrons. The average Bonchev–Trinajstić information content (AvgIpc) is 2.72. The Morgan fingerprint density at radius 1 is 0.750 bits per heavy atom. The molecular weight excluding hydrogens is 598 g/mol. The van der Waals surface area contributed by atoms with Crippen LogP contribution in [0.15, 0.2) is 73.3 Å². The number of nitrogens with one attached hydrogen (secondary N) is 2. The average molecular weight is 612 g/mol. The molecule has 3 rings (SSSR count). The van der Waals surface area contributed by atoms with Gasteiger partial charge in [-0.15, -0.1) is 0 Å². The van der Waals surface area contributed by atoms with E-state index in [1.165, 1.54) is 31.4 Å². The Bertz CT molecular complexity index is 1400. The van der Waals surface area contributed by atoms with E-state index < -0.39 is 41.5 Å². The first kappa shape index (κ1) is 24.4. The molecule has 0 aliphatic heterocycles. The highest BCUT2D eigenvalue weighted by molar-refractivity contribution is 9.10. The summed E-state index contributed by atoms with van der Waals surface area (Å²) in [6.45, 7) is 0. The zero-order valence-corrected chi connectivity index (χ0v) is 20.9. The fourth-order valence-electron chi connectivity index (χ4n) is 2.59. The lowest BCUT2D eigenvalue weighted by atomic mass is 10.3. The number of sulfonamides is 2. The van der Waals surface area contributed by atoms with Crippen molar-refractivity contribution in [3.63, 3.8) is 0 Å². The van der Waals surface area contributed by atoms with Gasteiger partial charge in [0, 0.05) is 8.95 Å². The zero-order chi connectivity index (χ0) is 23.7. The van der Waals surface area contributed by atoms with E-state index in [0.717, 1.165) is 30.3 Å². The molecule has 0 aromatic heterocycles. The molecule has 0 amide bonds. The molecule has 0 aliphatic carbocycles. The lowest BCUT2D eigenvalue weighted by Gasteiger charge is -2.15. The summed E-state index contributed by atoms with van der Waals surface area (Å²) in [7, 11) is -7.67. The molecule has 0 aliphatic rings. The lowest BCUT2D eigenvalue weighted by molar-refractivity contribution is 0.402. The van der Waals surface area contributed by atoms with Gasteiger partial charge in [-0.25, -0.2) is 25.6 Å². The van der Waals surface area contributed by atoms with Crippen molar-refractivity contribution in [2.75, 3.05) is 16.6 Å². The highest BCUT2D eigenvalue weighted by Crippen LogP contribution is 2.31. The van der Waals surface area contributed by atoms with Gasteiger partial charge in [0.2, 0.25) is 0 Å². The molecular formula is C19H14Br2F2N2O5S2. The molecule has 0 unspecified atom stereocenters. The molecule has 2 N–H and O–H groups in total. The van der Waals surface area contributed by atoms with Gasteiger partial charge in [-0.1, -0.05) is 31.9 Å². The number of benzene rings is 3. The third-order valence-electron chi connectivity index (χ3n) is 4.08. The maximum absolute atomic E-state index is 14.1. The Kier molecular flexibility index (Phi) is 7.12. The molecule has 3 aromatic rings. The summed E-state index contributed by atoms with van der Waals surface area (Å²) in [5.74, 6) is -1.85. The van der Waals surface area contributed by atoms with Crippen LogP contribution in [0.5, 0.6) is 5.75 Å². The third kappa shape index (κ3) is 5.39. The van der Waals surface area contributed by atoms with Gasteiger partial charge in [-0.2, -0.15) is 0 Å². The second-order valence-electron chi connectivity index (χ2n) is 6.27. The first-order chi connectivity index (χ1) is 14.9. The highest BCUT2D eigenvalue weighted by atomic mass is 79.9. The van der Waals surface area contributed by atoms with Gasteiger partial charge in [-0.05, 0) is 54.6 Å². The molecule has 0 bridgehead atoms. The van der Waals surface area contributed by atoms with E-state index in [0.29, 0.717) is 8.95 Å². The van der Waals surface area contributed by atoms with Crippen LogP contribution in [0.4, 0.5) is 20.2 Å². The van der Waals surface area contributed by atoms with E-state index in [-0.39, 0.29) is 17.1 Å². The van der Waals surface area contributed by atoms with Crippen molar-refractivity contribution in [3.8, 4) is 5.75 Å². The monoisotopic (exact) mass is 610 g/mol. The maximum Gasteiger partial charge on any atom is 0.265 e. The molecule has 0 spiro atoms. The molecule has 0 saturated carbocycles. The van der Waals surface area contributed by atoms with Gasteiger partial charge in [0.25, 0.3) is 20.0 Å². The summed E-state index contributed by atoms with van der Waals surface area (Å²) >= 11 is 6.24. The SMILES string of the molecule is COc1ccc(S(=O)(=O)Nc2cc(Br)ccc2F)cc1S(=O)(=O)Nc1cc(Br)ccc1F. The van der Waals surface area contributed by atoms with E-state index in [4.69, 9.17) is 4.74 Å². The number of ether oxygens (including phenoxy) is 1. The normalized spacial score (nSPS) is 11.8. The molecule has 170 valence electrons. The van der Waals surface area contributed by atoms with Crippen LogP contribution in [0.1, 0.15) is 0 Å². The van der Waals surface area contributed by atoms with Crippen molar-refractivity contribution >= 4 is 63.3 Å². The summed E-state index contributed by atoms with van der Waals surface area (Å²) < 4.78 is 89.5. The number of rotatable bonds is 7. The van der Waals surface area contributed by atoms with E-state index in [1.54, 1.807) is 0 Å². The Morgan fingerprint density at radius 2 is 1.25 bits per heavy atom. The first-order valence-corrected chi connectivity index (χ1v) is 13.1. The maximum atomic E-state index is 14.1. The molecule has 7 nitrogen and oxygen atoms in total. The van der Waals surface area contributed by atoms with Crippen molar-refractivity contribution in [2.45, 2.75) is 9.79 Å². The van der Waals surface area contributed by atoms with Gasteiger partial charge >= 0.3 is 0 Å². The summed E-state index contributed by atoms with van der Waals surface area (Å²) in [4.78, 5) is -1.04. The molecule has 0 saturated heterocycles. The van der Waals surface area contributed by atoms with Gasteiger partial charge in [-0.3, -0.25) is 9.44 Å². The van der Waals surface area contributed by atoms with E-state index in [9.17, 15) is 25.6 Å². The van der Waals surface area contributed by atoms with Crippen molar-refractivity contribution < 1.29 is 30.4 Å². The molecule has 3 aromatic carbocycles. The Hall–Kier alpha value is -2.22. The first-order valence-electron chi connectivity index (χ1n) is 8.57. The second-order valence-corrected chi connectivity index (χ2v) is 11.4. The number of methoxy groups -OCH3 is 1. The van der Waals surface area contributed by atoms with Gasteiger partial charge in [0.15, 0.2) is 0 Å². The summed E-state index contributed by atoms with van der Waals surface area (Å²) in [5, 5.41) is 0. The molecule has 0 heterocycles. The Balaban J connectivity index is 2.04. The predicted molar refractivity (Wildman–Crippen MR) is 123 cm³/mol. The highest BCUT2D eigenvalue weighted by Gasteiger charge is 2.26. The van der Waals surface area contributed by atoms with Crippen LogP contribution in [0.3, 0.4) is 0 Å². The predicted octanol–water partition coefficient (Wildman–Crippen LogP) is 5.10. The van der Waals surface area contributed by atoms with Crippen LogP contribution < -0.4 is 14.2 Å². The summed E-state index contributed by atoms with van der Waals surface area (Å²) in [6.07, 6.45) is 0. The van der Waals surface area contributed by atoms with Crippen LogP contribution in [-0.2, 0) is 20.0 Å². The molecule has 13 heteroatoms. The van der Waals surface area contributed by atoms with Gasteiger partial charge in [0.05, 0.1) is 23.4 Å².